The van der Waals surface area contributed by atoms with Crippen molar-refractivity contribution in [3.8, 4) is 0 Å². The maximum Gasteiger partial charge on any atom is 0.274 e. The van der Waals surface area contributed by atoms with Crippen LogP contribution in [0, 0.1) is 11.8 Å². The molecule has 0 radical (unpaired) electrons. The summed E-state index contributed by atoms with van der Waals surface area (Å²) >= 11 is 0. The van der Waals surface area contributed by atoms with Crippen molar-refractivity contribution >= 4 is 5.91 Å². The number of rotatable bonds is 3. The molecule has 0 spiro atoms. The Morgan fingerprint density at radius 1 is 1.08 bits per heavy atom. The van der Waals surface area contributed by atoms with Crippen molar-refractivity contribution in [2.75, 3.05) is 26.2 Å². The van der Waals surface area contributed by atoms with Gasteiger partial charge in [-0.1, -0.05) is 6.07 Å². The molecule has 2 fully saturated rings. The van der Waals surface area contributed by atoms with E-state index in [1.807, 2.05) is 23.4 Å². The zero-order chi connectivity index (χ0) is 16.4. The second-order valence-electron chi connectivity index (χ2n) is 6.71. The zero-order valence-corrected chi connectivity index (χ0v) is 13.6. The van der Waals surface area contributed by atoms with Crippen LogP contribution in [0.25, 0.3) is 0 Å². The fourth-order valence-electron chi connectivity index (χ4n) is 3.90. The summed E-state index contributed by atoms with van der Waals surface area (Å²) in [4.78, 5) is 29.3. The zero-order valence-electron chi connectivity index (χ0n) is 13.6. The summed E-state index contributed by atoms with van der Waals surface area (Å²) in [5.41, 5.74) is 1.70. The average Bonchev–Trinajstić information content (AvgIpc) is 3.04. The van der Waals surface area contributed by atoms with Gasteiger partial charge in [0.15, 0.2) is 0 Å². The minimum atomic E-state index is 0.00672. The van der Waals surface area contributed by atoms with E-state index >= 15 is 0 Å². The standard InChI is InChI=1S/C18H21N5O/c24-18(17-9-20-5-6-21-17)23-7-3-15-11-22(12-16(15)13-23)10-14-2-1-4-19-8-14/h1-2,4-6,8-9,15-16H,3,7,10-13H2/t15-,16-/m1/s1. The van der Waals surface area contributed by atoms with Crippen LogP contribution in [0.15, 0.2) is 43.1 Å². The SMILES string of the molecule is O=C(c1cnccn1)N1CC[C@@H]2CN(Cc3cccnc3)C[C@@H]2C1. The van der Waals surface area contributed by atoms with Gasteiger partial charge in [0.25, 0.3) is 5.91 Å². The molecule has 2 atom stereocenters. The Hall–Kier alpha value is -2.34. The molecule has 0 N–H and O–H groups in total. The van der Waals surface area contributed by atoms with Gasteiger partial charge in [-0.15, -0.1) is 0 Å². The van der Waals surface area contributed by atoms with Crippen LogP contribution in [-0.2, 0) is 6.54 Å². The lowest BCUT2D eigenvalue weighted by atomic mass is 9.88. The number of aromatic nitrogens is 3. The third-order valence-corrected chi connectivity index (χ3v) is 5.08. The van der Waals surface area contributed by atoms with Gasteiger partial charge in [0.05, 0.1) is 6.20 Å². The Morgan fingerprint density at radius 2 is 1.96 bits per heavy atom. The predicted octanol–water partition coefficient (Wildman–Crippen LogP) is 1.47. The van der Waals surface area contributed by atoms with Gasteiger partial charge in [-0.05, 0) is 29.9 Å². The molecule has 4 heterocycles. The summed E-state index contributed by atoms with van der Waals surface area (Å²) in [7, 11) is 0. The van der Waals surface area contributed by atoms with Crippen molar-refractivity contribution in [1.82, 2.24) is 24.8 Å². The molecule has 124 valence electrons. The molecule has 0 unspecified atom stereocenters. The van der Waals surface area contributed by atoms with Crippen molar-refractivity contribution < 1.29 is 4.79 Å². The van der Waals surface area contributed by atoms with E-state index in [1.165, 1.54) is 5.56 Å². The Balaban J connectivity index is 1.38. The van der Waals surface area contributed by atoms with Gasteiger partial charge in [-0.25, -0.2) is 4.98 Å². The summed E-state index contributed by atoms with van der Waals surface area (Å²) in [6.07, 6.45) is 9.54. The molecule has 4 rings (SSSR count). The highest BCUT2D eigenvalue weighted by Crippen LogP contribution is 2.32. The van der Waals surface area contributed by atoms with Gasteiger partial charge in [-0.3, -0.25) is 19.7 Å². The predicted molar refractivity (Wildman–Crippen MR) is 89.0 cm³/mol. The van der Waals surface area contributed by atoms with Gasteiger partial charge in [-0.2, -0.15) is 0 Å². The van der Waals surface area contributed by atoms with E-state index in [0.717, 1.165) is 39.1 Å². The number of carbonyl (C=O) groups is 1. The van der Waals surface area contributed by atoms with E-state index in [-0.39, 0.29) is 5.91 Å². The molecule has 0 aromatic carbocycles. The first-order valence-corrected chi connectivity index (χ1v) is 8.46. The van der Waals surface area contributed by atoms with Crippen molar-refractivity contribution in [2.24, 2.45) is 11.8 Å². The molecular formula is C18H21N5O. The Bertz CT molecular complexity index is 693. The summed E-state index contributed by atoms with van der Waals surface area (Å²) in [5, 5.41) is 0. The van der Waals surface area contributed by atoms with Crippen molar-refractivity contribution in [2.45, 2.75) is 13.0 Å². The lowest BCUT2D eigenvalue weighted by molar-refractivity contribution is 0.0635. The van der Waals surface area contributed by atoms with Crippen LogP contribution in [0.5, 0.6) is 0 Å². The van der Waals surface area contributed by atoms with Crippen LogP contribution in [-0.4, -0.2) is 56.8 Å². The molecule has 6 nitrogen and oxygen atoms in total. The Morgan fingerprint density at radius 3 is 2.75 bits per heavy atom. The fourth-order valence-corrected chi connectivity index (χ4v) is 3.90. The number of amides is 1. The van der Waals surface area contributed by atoms with Crippen LogP contribution in [0.2, 0.25) is 0 Å². The number of likely N-dealkylation sites (tertiary alicyclic amines) is 2. The van der Waals surface area contributed by atoms with Crippen molar-refractivity contribution in [3.63, 3.8) is 0 Å². The van der Waals surface area contributed by atoms with E-state index in [2.05, 4.69) is 25.9 Å². The molecule has 0 bridgehead atoms. The van der Waals surface area contributed by atoms with E-state index in [4.69, 9.17) is 0 Å². The highest BCUT2D eigenvalue weighted by molar-refractivity contribution is 5.92. The number of hydrogen-bond acceptors (Lipinski definition) is 5. The summed E-state index contributed by atoms with van der Waals surface area (Å²) in [6, 6.07) is 4.11. The molecule has 2 aliphatic rings. The summed E-state index contributed by atoms with van der Waals surface area (Å²) < 4.78 is 0. The normalized spacial score (nSPS) is 23.9. The van der Waals surface area contributed by atoms with Gasteiger partial charge < -0.3 is 4.90 Å². The highest BCUT2D eigenvalue weighted by atomic mass is 16.2. The van der Waals surface area contributed by atoms with Crippen LogP contribution >= 0.6 is 0 Å². The summed E-state index contributed by atoms with van der Waals surface area (Å²) in [6.45, 7) is 4.75. The minimum Gasteiger partial charge on any atom is -0.337 e. The maximum absolute atomic E-state index is 12.6. The first-order chi connectivity index (χ1) is 11.8. The molecule has 0 saturated carbocycles. The monoisotopic (exact) mass is 323 g/mol. The van der Waals surface area contributed by atoms with Crippen molar-refractivity contribution in [3.05, 3.63) is 54.4 Å². The maximum atomic E-state index is 12.6. The number of carbonyl (C=O) groups excluding carboxylic acids is 1. The van der Waals surface area contributed by atoms with Gasteiger partial charge in [0.1, 0.15) is 5.69 Å². The number of piperidine rings is 1. The third kappa shape index (κ3) is 3.14. The third-order valence-electron chi connectivity index (χ3n) is 5.08. The van der Waals surface area contributed by atoms with Gasteiger partial charge >= 0.3 is 0 Å². The molecule has 2 aliphatic heterocycles. The fraction of sp³-hybridized carbons (Fsp3) is 0.444. The van der Waals surface area contributed by atoms with Crippen LogP contribution in [0.4, 0.5) is 0 Å². The first kappa shape index (κ1) is 15.2. The molecule has 24 heavy (non-hydrogen) atoms. The Kier molecular flexibility index (Phi) is 4.21. The van der Waals surface area contributed by atoms with E-state index in [0.29, 0.717) is 17.5 Å². The molecular weight excluding hydrogens is 302 g/mol. The molecule has 1 amide bonds. The molecule has 2 aromatic heterocycles. The van der Waals surface area contributed by atoms with Crippen LogP contribution in [0.1, 0.15) is 22.5 Å². The largest absolute Gasteiger partial charge is 0.337 e. The topological polar surface area (TPSA) is 62.2 Å². The van der Waals surface area contributed by atoms with E-state index in [1.54, 1.807) is 18.6 Å². The quantitative estimate of drug-likeness (QED) is 0.856. The number of pyridine rings is 1. The Labute approximate surface area is 141 Å². The second-order valence-corrected chi connectivity index (χ2v) is 6.71. The van der Waals surface area contributed by atoms with Crippen molar-refractivity contribution in [1.29, 1.82) is 0 Å². The lowest BCUT2D eigenvalue weighted by Crippen LogP contribution is -2.43. The molecule has 2 aromatic rings. The van der Waals surface area contributed by atoms with E-state index in [9.17, 15) is 4.79 Å². The summed E-state index contributed by atoms with van der Waals surface area (Å²) in [5.74, 6) is 1.25. The minimum absolute atomic E-state index is 0.00672. The average molecular weight is 323 g/mol. The number of hydrogen-bond donors (Lipinski definition) is 0. The van der Waals surface area contributed by atoms with Crippen LogP contribution in [0.3, 0.4) is 0 Å². The number of fused-ring (bicyclic) bond motifs is 1. The first-order valence-electron chi connectivity index (χ1n) is 8.46. The smallest absolute Gasteiger partial charge is 0.274 e. The molecule has 2 saturated heterocycles. The molecule has 0 aliphatic carbocycles. The van der Waals surface area contributed by atoms with E-state index < -0.39 is 0 Å². The van der Waals surface area contributed by atoms with Crippen LogP contribution < -0.4 is 0 Å². The van der Waals surface area contributed by atoms with Gasteiger partial charge in [0, 0.05) is 57.5 Å². The highest BCUT2D eigenvalue weighted by Gasteiger charge is 2.38. The number of nitrogens with zero attached hydrogens (tertiary/aromatic N) is 5. The second kappa shape index (κ2) is 6.65. The molecule has 6 heteroatoms. The van der Waals surface area contributed by atoms with Gasteiger partial charge in [0.2, 0.25) is 0 Å². The lowest BCUT2D eigenvalue weighted by Gasteiger charge is -2.34.